The van der Waals surface area contributed by atoms with Gasteiger partial charge in [0, 0.05) is 24.8 Å². The molecule has 0 amide bonds. The van der Waals surface area contributed by atoms with Crippen molar-refractivity contribution in [3.63, 3.8) is 0 Å². The average Bonchev–Trinajstić information content (AvgIpc) is 2.20. The summed E-state index contributed by atoms with van der Waals surface area (Å²) in [6.45, 7) is 2.92. The van der Waals surface area contributed by atoms with Crippen LogP contribution in [0.5, 0.6) is 0 Å². The highest BCUT2D eigenvalue weighted by atomic mass is 32.2. The van der Waals surface area contributed by atoms with E-state index in [1.807, 2.05) is 13.0 Å². The molecule has 1 aromatic heterocycles. The first-order chi connectivity index (χ1) is 7.90. The van der Waals surface area contributed by atoms with Crippen molar-refractivity contribution in [1.82, 2.24) is 9.29 Å². The van der Waals surface area contributed by atoms with E-state index in [0.29, 0.717) is 19.5 Å². The first-order valence-corrected chi connectivity index (χ1v) is 7.40. The number of rotatable bonds is 6. The van der Waals surface area contributed by atoms with Crippen LogP contribution in [0.3, 0.4) is 0 Å². The molecule has 0 atom stereocenters. The van der Waals surface area contributed by atoms with Crippen molar-refractivity contribution in [2.75, 3.05) is 12.8 Å². The van der Waals surface area contributed by atoms with E-state index >= 15 is 0 Å². The molecule has 1 heterocycles. The van der Waals surface area contributed by atoms with Crippen molar-refractivity contribution >= 4 is 10.0 Å². The zero-order valence-electron chi connectivity index (χ0n) is 10.1. The Morgan fingerprint density at radius 1 is 1.29 bits per heavy atom. The summed E-state index contributed by atoms with van der Waals surface area (Å²) in [4.78, 5) is 11.5. The fourth-order valence-corrected chi connectivity index (χ4v) is 2.08. The van der Waals surface area contributed by atoms with Crippen LogP contribution in [0.1, 0.15) is 18.5 Å². The van der Waals surface area contributed by atoms with Gasteiger partial charge in [-0.1, -0.05) is 6.07 Å². The fourth-order valence-electron chi connectivity index (χ4n) is 1.56. The molecule has 0 aliphatic heterocycles. The molecule has 0 saturated carbocycles. The number of unbranched alkanes of at least 4 members (excludes halogenated alkanes) is 1. The summed E-state index contributed by atoms with van der Waals surface area (Å²) >= 11 is 0. The summed E-state index contributed by atoms with van der Waals surface area (Å²) in [6.07, 6.45) is 2.62. The molecule has 0 unspecified atom stereocenters. The Kier molecular flexibility index (Phi) is 4.89. The Balaban J connectivity index is 2.39. The molecular formula is C11H18N2O3S. The Labute approximate surface area is 102 Å². The molecule has 0 bridgehead atoms. The molecule has 0 fully saturated rings. The van der Waals surface area contributed by atoms with E-state index in [9.17, 15) is 13.2 Å². The predicted molar refractivity (Wildman–Crippen MR) is 67.5 cm³/mol. The van der Waals surface area contributed by atoms with Crippen LogP contribution >= 0.6 is 0 Å². The second kappa shape index (κ2) is 5.97. The fraction of sp³-hybridized carbons (Fsp3) is 0.545. The number of hydrogen-bond acceptors (Lipinski definition) is 3. The molecule has 0 aromatic carbocycles. The van der Waals surface area contributed by atoms with Gasteiger partial charge in [0.1, 0.15) is 0 Å². The van der Waals surface area contributed by atoms with E-state index in [-0.39, 0.29) is 5.56 Å². The molecule has 1 rings (SSSR count). The zero-order valence-corrected chi connectivity index (χ0v) is 11.0. The molecule has 0 aliphatic carbocycles. The van der Waals surface area contributed by atoms with Crippen molar-refractivity contribution in [1.29, 1.82) is 0 Å². The molecule has 5 nitrogen and oxygen atoms in total. The first-order valence-electron chi connectivity index (χ1n) is 5.51. The number of nitrogens with one attached hydrogen (secondary N) is 1. The van der Waals surface area contributed by atoms with Crippen LogP contribution in [0.15, 0.2) is 23.0 Å². The van der Waals surface area contributed by atoms with Gasteiger partial charge >= 0.3 is 0 Å². The summed E-state index contributed by atoms with van der Waals surface area (Å²) in [7, 11) is -3.10. The van der Waals surface area contributed by atoms with Gasteiger partial charge in [-0.25, -0.2) is 13.1 Å². The molecule has 96 valence electrons. The van der Waals surface area contributed by atoms with Crippen molar-refractivity contribution < 1.29 is 8.42 Å². The minimum Gasteiger partial charge on any atom is -0.313 e. The summed E-state index contributed by atoms with van der Waals surface area (Å²) in [5, 5.41) is 0. The van der Waals surface area contributed by atoms with Gasteiger partial charge in [-0.05, 0) is 25.8 Å². The summed E-state index contributed by atoms with van der Waals surface area (Å²) in [5.41, 5.74) is 0.912. The van der Waals surface area contributed by atoms with Gasteiger partial charge in [0.2, 0.25) is 10.0 Å². The van der Waals surface area contributed by atoms with E-state index in [1.165, 1.54) is 6.07 Å². The van der Waals surface area contributed by atoms with E-state index in [4.69, 9.17) is 0 Å². The molecular weight excluding hydrogens is 240 g/mol. The van der Waals surface area contributed by atoms with Crippen LogP contribution in [0.4, 0.5) is 0 Å². The number of hydrogen-bond donors (Lipinski definition) is 1. The summed E-state index contributed by atoms with van der Waals surface area (Å²) in [6, 6.07) is 5.15. The van der Waals surface area contributed by atoms with Gasteiger partial charge in [0.15, 0.2) is 0 Å². The van der Waals surface area contributed by atoms with Gasteiger partial charge in [-0.2, -0.15) is 0 Å². The van der Waals surface area contributed by atoms with E-state index < -0.39 is 10.0 Å². The van der Waals surface area contributed by atoms with Crippen molar-refractivity contribution in [2.45, 2.75) is 26.3 Å². The Hall–Kier alpha value is -1.14. The van der Waals surface area contributed by atoms with Crippen LogP contribution in [-0.2, 0) is 16.6 Å². The smallest absolute Gasteiger partial charge is 0.250 e. The van der Waals surface area contributed by atoms with Crippen LogP contribution < -0.4 is 10.3 Å². The molecule has 0 spiro atoms. The number of aryl methyl sites for hydroxylation is 1. The van der Waals surface area contributed by atoms with E-state index in [2.05, 4.69) is 4.72 Å². The first kappa shape index (κ1) is 13.9. The standard InChI is InChI=1S/C11H18N2O3S/c1-10-6-5-7-11(14)13(10)9-4-3-8-12-17(2,15)16/h5-7,12H,3-4,8-9H2,1-2H3. The SMILES string of the molecule is Cc1cccc(=O)n1CCCCNS(C)(=O)=O. The van der Waals surface area contributed by atoms with Gasteiger partial charge in [-0.15, -0.1) is 0 Å². The van der Waals surface area contributed by atoms with Crippen molar-refractivity contribution in [2.24, 2.45) is 0 Å². The van der Waals surface area contributed by atoms with Gasteiger partial charge in [0.25, 0.3) is 5.56 Å². The lowest BCUT2D eigenvalue weighted by Crippen LogP contribution is -2.24. The van der Waals surface area contributed by atoms with Crippen LogP contribution in [-0.4, -0.2) is 25.8 Å². The van der Waals surface area contributed by atoms with Gasteiger partial charge in [-0.3, -0.25) is 4.79 Å². The largest absolute Gasteiger partial charge is 0.313 e. The van der Waals surface area contributed by atoms with Crippen molar-refractivity contribution in [3.05, 3.63) is 34.2 Å². The summed E-state index contributed by atoms with van der Waals surface area (Å²) in [5.74, 6) is 0. The lowest BCUT2D eigenvalue weighted by Gasteiger charge is -2.08. The average molecular weight is 258 g/mol. The van der Waals surface area contributed by atoms with E-state index in [1.54, 1.807) is 10.6 Å². The molecule has 0 radical (unpaired) electrons. The molecule has 0 saturated heterocycles. The quantitative estimate of drug-likeness (QED) is 0.755. The monoisotopic (exact) mass is 258 g/mol. The predicted octanol–water partition coefficient (Wildman–Crippen LogP) is 0.486. The summed E-state index contributed by atoms with van der Waals surface area (Å²) < 4.78 is 25.7. The maximum Gasteiger partial charge on any atom is 0.250 e. The van der Waals surface area contributed by atoms with Crippen molar-refractivity contribution in [3.8, 4) is 0 Å². The molecule has 17 heavy (non-hydrogen) atoms. The lowest BCUT2D eigenvalue weighted by atomic mass is 10.3. The third-order valence-electron chi connectivity index (χ3n) is 2.44. The van der Waals surface area contributed by atoms with Crippen LogP contribution in [0, 0.1) is 6.92 Å². The number of nitrogens with zero attached hydrogens (tertiary/aromatic N) is 1. The number of sulfonamides is 1. The number of pyridine rings is 1. The second-order valence-electron chi connectivity index (χ2n) is 4.03. The normalized spacial score (nSPS) is 11.6. The Bertz CT molecular complexity index is 520. The molecule has 0 aliphatic rings. The minimum atomic E-state index is -3.10. The minimum absolute atomic E-state index is 0.0129. The molecule has 1 aromatic rings. The van der Waals surface area contributed by atoms with Gasteiger partial charge in [0.05, 0.1) is 6.26 Å². The van der Waals surface area contributed by atoms with E-state index in [0.717, 1.165) is 18.4 Å². The topological polar surface area (TPSA) is 68.2 Å². The van der Waals surface area contributed by atoms with Crippen LogP contribution in [0.25, 0.3) is 0 Å². The van der Waals surface area contributed by atoms with Gasteiger partial charge < -0.3 is 4.57 Å². The number of aromatic nitrogens is 1. The molecule has 1 N–H and O–H groups in total. The highest BCUT2D eigenvalue weighted by Crippen LogP contribution is 1.97. The zero-order chi connectivity index (χ0) is 12.9. The Morgan fingerprint density at radius 2 is 2.00 bits per heavy atom. The molecule has 6 heteroatoms. The highest BCUT2D eigenvalue weighted by Gasteiger charge is 2.01. The lowest BCUT2D eigenvalue weighted by molar-refractivity contribution is 0.561. The third kappa shape index (κ3) is 5.14. The third-order valence-corrected chi connectivity index (χ3v) is 3.17. The maximum absolute atomic E-state index is 11.5. The Morgan fingerprint density at radius 3 is 2.59 bits per heavy atom. The second-order valence-corrected chi connectivity index (χ2v) is 5.86. The van der Waals surface area contributed by atoms with Crippen LogP contribution in [0.2, 0.25) is 0 Å². The highest BCUT2D eigenvalue weighted by molar-refractivity contribution is 7.88. The maximum atomic E-state index is 11.5.